The van der Waals surface area contributed by atoms with Gasteiger partial charge in [0.2, 0.25) is 0 Å². The van der Waals surface area contributed by atoms with E-state index in [-0.39, 0.29) is 31.4 Å². The van der Waals surface area contributed by atoms with Gasteiger partial charge in [-0.3, -0.25) is 0 Å². The summed E-state index contributed by atoms with van der Waals surface area (Å²) in [6, 6.07) is 15.0. The van der Waals surface area contributed by atoms with Crippen molar-refractivity contribution in [2.24, 2.45) is 0 Å². The first-order chi connectivity index (χ1) is 13.1. The molecule has 132 valence electrons. The summed E-state index contributed by atoms with van der Waals surface area (Å²) in [4.78, 5) is 0. The number of rotatable bonds is 6. The summed E-state index contributed by atoms with van der Waals surface area (Å²) in [5.74, 6) is 0.474. The van der Waals surface area contributed by atoms with Crippen molar-refractivity contribution in [1.29, 1.82) is 21.0 Å². The molecule has 2 rings (SSSR count). The van der Waals surface area contributed by atoms with Crippen LogP contribution in [-0.4, -0.2) is 12.2 Å². The predicted octanol–water partition coefficient (Wildman–Crippen LogP) is 3.33. The SMILES string of the molecule is COc1cc(CC#N)c(-c2cc(CC#N)c(O)c(CC#N)c2)c(CC#N)c1. The van der Waals surface area contributed by atoms with E-state index in [1.54, 1.807) is 24.3 Å². The van der Waals surface area contributed by atoms with Gasteiger partial charge >= 0.3 is 0 Å². The van der Waals surface area contributed by atoms with E-state index in [9.17, 15) is 15.6 Å². The Labute approximate surface area is 157 Å². The van der Waals surface area contributed by atoms with Crippen LogP contribution in [0.25, 0.3) is 11.1 Å². The van der Waals surface area contributed by atoms with E-state index >= 15 is 0 Å². The number of aromatic hydroxyl groups is 1. The normalized spacial score (nSPS) is 9.52. The molecule has 2 aromatic carbocycles. The van der Waals surface area contributed by atoms with Gasteiger partial charge in [0.15, 0.2) is 0 Å². The Morgan fingerprint density at radius 2 is 1.15 bits per heavy atom. The lowest BCUT2D eigenvalue weighted by Crippen LogP contribution is -2.00. The van der Waals surface area contributed by atoms with Crippen molar-refractivity contribution < 1.29 is 9.84 Å². The highest BCUT2D eigenvalue weighted by Gasteiger charge is 2.17. The third kappa shape index (κ3) is 4.16. The maximum atomic E-state index is 10.3. The molecule has 1 N–H and O–H groups in total. The van der Waals surface area contributed by atoms with Crippen LogP contribution in [0.2, 0.25) is 0 Å². The average Bonchev–Trinajstić information content (AvgIpc) is 2.65. The molecule has 0 unspecified atom stereocenters. The molecule has 2 aromatic rings. The van der Waals surface area contributed by atoms with Gasteiger partial charge in [-0.15, -0.1) is 0 Å². The highest BCUT2D eigenvalue weighted by Crippen LogP contribution is 2.37. The fraction of sp³-hybridized carbons (Fsp3) is 0.238. The van der Waals surface area contributed by atoms with Crippen LogP contribution in [0.1, 0.15) is 22.3 Å². The monoisotopic (exact) mass is 356 g/mol. The Morgan fingerprint density at radius 1 is 0.741 bits per heavy atom. The summed E-state index contributed by atoms with van der Waals surface area (Å²) >= 11 is 0. The van der Waals surface area contributed by atoms with Crippen molar-refractivity contribution in [2.45, 2.75) is 25.7 Å². The summed E-state index contributed by atoms with van der Waals surface area (Å²) < 4.78 is 5.28. The Balaban J connectivity index is 2.83. The highest BCUT2D eigenvalue weighted by atomic mass is 16.5. The number of hydrogen-bond donors (Lipinski definition) is 1. The number of phenolic OH excluding ortho intramolecular Hbond substituents is 1. The number of ether oxygens (including phenoxy) is 1. The van der Waals surface area contributed by atoms with Gasteiger partial charge in [0, 0.05) is 11.1 Å². The molecular weight excluding hydrogens is 340 g/mol. The number of benzene rings is 2. The van der Waals surface area contributed by atoms with E-state index < -0.39 is 0 Å². The second-order valence-electron chi connectivity index (χ2n) is 5.80. The standard InChI is InChI=1S/C21H16N4O2/c1-27-19-12-14(2-6-22)20(15(13-19)3-7-23)18-10-16(4-8-24)21(26)17(11-18)5-9-25/h10-13,26H,2-5H2,1H3. The third-order valence-electron chi connectivity index (χ3n) is 4.15. The van der Waals surface area contributed by atoms with Crippen LogP contribution in [0.4, 0.5) is 0 Å². The minimum atomic E-state index is -0.0703. The summed E-state index contributed by atoms with van der Waals surface area (Å²) in [6.07, 6.45) is 0.171. The van der Waals surface area contributed by atoms with Gasteiger partial charge < -0.3 is 9.84 Å². The van der Waals surface area contributed by atoms with E-state index in [1.165, 1.54) is 7.11 Å². The largest absolute Gasteiger partial charge is 0.507 e. The molecule has 0 atom stereocenters. The van der Waals surface area contributed by atoms with Crippen molar-refractivity contribution in [1.82, 2.24) is 0 Å². The van der Waals surface area contributed by atoms with Crippen LogP contribution >= 0.6 is 0 Å². The average molecular weight is 356 g/mol. The van der Waals surface area contributed by atoms with Crippen LogP contribution in [0, 0.1) is 45.3 Å². The van der Waals surface area contributed by atoms with E-state index in [1.807, 2.05) is 12.1 Å². The van der Waals surface area contributed by atoms with Crippen molar-refractivity contribution in [2.75, 3.05) is 7.11 Å². The van der Waals surface area contributed by atoms with Gasteiger partial charge in [-0.1, -0.05) is 0 Å². The van der Waals surface area contributed by atoms with Crippen molar-refractivity contribution in [3.8, 4) is 46.9 Å². The van der Waals surface area contributed by atoms with E-state index in [0.29, 0.717) is 39.1 Å². The fourth-order valence-corrected chi connectivity index (χ4v) is 3.02. The quantitative estimate of drug-likeness (QED) is 0.846. The Kier molecular flexibility index (Phi) is 6.38. The van der Waals surface area contributed by atoms with Crippen LogP contribution in [-0.2, 0) is 25.7 Å². The van der Waals surface area contributed by atoms with Gasteiger partial charge in [-0.05, 0) is 46.5 Å². The maximum absolute atomic E-state index is 10.3. The summed E-state index contributed by atoms with van der Waals surface area (Å²) in [5, 5.41) is 46.8. The topological polar surface area (TPSA) is 125 Å². The molecule has 0 saturated carbocycles. The zero-order valence-corrected chi connectivity index (χ0v) is 14.8. The van der Waals surface area contributed by atoms with Crippen LogP contribution in [0.15, 0.2) is 24.3 Å². The molecule has 0 aliphatic carbocycles. The summed E-state index contributed by atoms with van der Waals surface area (Å²) in [7, 11) is 1.51. The van der Waals surface area contributed by atoms with Crippen LogP contribution in [0.5, 0.6) is 11.5 Å². The van der Waals surface area contributed by atoms with Gasteiger partial charge in [0.25, 0.3) is 0 Å². The first-order valence-electron chi connectivity index (χ1n) is 8.12. The zero-order valence-electron chi connectivity index (χ0n) is 14.8. The first-order valence-corrected chi connectivity index (χ1v) is 8.12. The summed E-state index contributed by atoms with van der Waals surface area (Å²) in [6.45, 7) is 0. The van der Waals surface area contributed by atoms with Crippen LogP contribution in [0.3, 0.4) is 0 Å². The van der Waals surface area contributed by atoms with Gasteiger partial charge in [0.1, 0.15) is 11.5 Å². The van der Waals surface area contributed by atoms with E-state index in [2.05, 4.69) is 12.1 Å². The molecule has 0 heterocycles. The molecule has 0 radical (unpaired) electrons. The molecule has 0 aliphatic rings. The number of methoxy groups -OCH3 is 1. The molecule has 0 fully saturated rings. The van der Waals surface area contributed by atoms with Gasteiger partial charge in [-0.2, -0.15) is 21.0 Å². The van der Waals surface area contributed by atoms with Gasteiger partial charge in [0.05, 0.1) is 57.1 Å². The summed E-state index contributed by atoms with van der Waals surface area (Å²) in [5.41, 5.74) is 3.51. The second-order valence-corrected chi connectivity index (χ2v) is 5.80. The smallest absolute Gasteiger partial charge is 0.124 e. The molecule has 6 nitrogen and oxygen atoms in total. The number of nitriles is 4. The lowest BCUT2D eigenvalue weighted by atomic mass is 9.88. The zero-order chi connectivity index (χ0) is 19.8. The molecular formula is C21H16N4O2. The van der Waals surface area contributed by atoms with Gasteiger partial charge in [-0.25, -0.2) is 0 Å². The second kappa shape index (κ2) is 8.91. The third-order valence-corrected chi connectivity index (χ3v) is 4.15. The first kappa shape index (κ1) is 19.3. The molecule has 0 aromatic heterocycles. The van der Waals surface area contributed by atoms with E-state index in [0.717, 1.165) is 0 Å². The molecule has 0 bridgehead atoms. The molecule has 0 saturated heterocycles. The Bertz CT molecular complexity index is 956. The lowest BCUT2D eigenvalue weighted by Gasteiger charge is -2.17. The lowest BCUT2D eigenvalue weighted by molar-refractivity contribution is 0.414. The molecule has 6 heteroatoms. The van der Waals surface area contributed by atoms with Crippen molar-refractivity contribution in [3.63, 3.8) is 0 Å². The molecule has 0 amide bonds. The number of phenols is 1. The minimum Gasteiger partial charge on any atom is -0.507 e. The molecule has 0 aliphatic heterocycles. The molecule has 27 heavy (non-hydrogen) atoms. The fourth-order valence-electron chi connectivity index (χ4n) is 3.02. The predicted molar refractivity (Wildman–Crippen MR) is 97.4 cm³/mol. The maximum Gasteiger partial charge on any atom is 0.124 e. The van der Waals surface area contributed by atoms with Crippen LogP contribution < -0.4 is 4.74 Å². The molecule has 0 spiro atoms. The van der Waals surface area contributed by atoms with Crippen molar-refractivity contribution >= 4 is 0 Å². The Morgan fingerprint density at radius 3 is 1.52 bits per heavy atom. The highest BCUT2D eigenvalue weighted by molar-refractivity contribution is 5.76. The Hall–Kier alpha value is -4.00. The number of hydrogen-bond acceptors (Lipinski definition) is 6. The van der Waals surface area contributed by atoms with Crippen molar-refractivity contribution in [3.05, 3.63) is 46.5 Å². The van der Waals surface area contributed by atoms with E-state index in [4.69, 9.17) is 15.3 Å². The number of nitrogens with zero attached hydrogens (tertiary/aromatic N) is 4. The minimum absolute atomic E-state index is 0.0184.